The first-order chi connectivity index (χ1) is 18.1. The van der Waals surface area contributed by atoms with Gasteiger partial charge in [0.15, 0.2) is 0 Å². The first kappa shape index (κ1) is 29.0. The van der Waals surface area contributed by atoms with Crippen molar-refractivity contribution in [2.45, 2.75) is 38.3 Å². The Morgan fingerprint density at radius 3 is 2.21 bits per heavy atom. The predicted octanol–water partition coefficient (Wildman–Crippen LogP) is 4.41. The van der Waals surface area contributed by atoms with E-state index < -0.39 is 28.5 Å². The summed E-state index contributed by atoms with van der Waals surface area (Å²) in [5, 5.41) is 3.17. The number of aryl methyl sites for hydroxylation is 1. The minimum atomic E-state index is -4.15. The normalized spacial score (nSPS) is 11.9. The highest BCUT2D eigenvalue weighted by atomic mass is 35.5. The number of nitrogens with one attached hydrogen (secondary N) is 1. The summed E-state index contributed by atoms with van der Waals surface area (Å²) >= 11 is 6.36. The molecule has 202 valence electrons. The fraction of sp³-hybridized carbons (Fsp3) is 0.286. The lowest BCUT2D eigenvalue weighted by Crippen LogP contribution is -2.51. The van der Waals surface area contributed by atoms with E-state index in [0.717, 1.165) is 9.87 Å². The molecule has 0 aromatic heterocycles. The number of halogens is 1. The number of benzene rings is 3. The number of carbonyl (C=O) groups excluding carboxylic acids is 2. The van der Waals surface area contributed by atoms with Crippen LogP contribution in [0.4, 0.5) is 5.69 Å². The molecule has 0 heterocycles. The number of ether oxygens (including phenoxy) is 1. The van der Waals surface area contributed by atoms with Crippen LogP contribution in [0.2, 0.25) is 5.02 Å². The van der Waals surface area contributed by atoms with Gasteiger partial charge >= 0.3 is 0 Å². The smallest absolute Gasteiger partial charge is 0.264 e. The highest BCUT2D eigenvalue weighted by Gasteiger charge is 2.32. The topological polar surface area (TPSA) is 96.0 Å². The molecule has 1 N–H and O–H groups in total. The van der Waals surface area contributed by atoms with Crippen LogP contribution >= 0.6 is 11.6 Å². The van der Waals surface area contributed by atoms with Gasteiger partial charge in [0.05, 0.1) is 17.7 Å². The maximum absolute atomic E-state index is 13.8. The molecule has 3 aromatic carbocycles. The Balaban J connectivity index is 2.03. The van der Waals surface area contributed by atoms with Gasteiger partial charge in [-0.05, 0) is 68.8 Å². The molecular weight excluding hydrogens is 526 g/mol. The largest absolute Gasteiger partial charge is 0.497 e. The van der Waals surface area contributed by atoms with Crippen LogP contribution in [0.15, 0.2) is 77.7 Å². The average molecular weight is 558 g/mol. The first-order valence-electron chi connectivity index (χ1n) is 12.1. The van der Waals surface area contributed by atoms with Crippen molar-refractivity contribution in [3.63, 3.8) is 0 Å². The summed E-state index contributed by atoms with van der Waals surface area (Å²) in [6.07, 6.45) is 0. The number of carbonyl (C=O) groups is 2. The van der Waals surface area contributed by atoms with E-state index in [4.69, 9.17) is 16.3 Å². The van der Waals surface area contributed by atoms with Crippen LogP contribution in [0.5, 0.6) is 5.75 Å². The highest BCUT2D eigenvalue weighted by molar-refractivity contribution is 7.92. The van der Waals surface area contributed by atoms with Crippen LogP contribution in [-0.2, 0) is 26.2 Å². The average Bonchev–Trinajstić information content (AvgIpc) is 2.91. The molecule has 0 aliphatic heterocycles. The summed E-state index contributed by atoms with van der Waals surface area (Å²) in [6, 6.07) is 18.9. The number of methoxy groups -OCH3 is 1. The molecule has 0 fully saturated rings. The Morgan fingerprint density at radius 2 is 1.63 bits per heavy atom. The Kier molecular flexibility index (Phi) is 9.77. The zero-order valence-electron chi connectivity index (χ0n) is 21.8. The van der Waals surface area contributed by atoms with Gasteiger partial charge in [-0.2, -0.15) is 0 Å². The predicted molar refractivity (Wildman–Crippen MR) is 149 cm³/mol. The Labute approximate surface area is 229 Å². The number of hydrogen-bond acceptors (Lipinski definition) is 5. The summed E-state index contributed by atoms with van der Waals surface area (Å²) in [7, 11) is -2.66. The van der Waals surface area contributed by atoms with Crippen molar-refractivity contribution in [2.24, 2.45) is 0 Å². The molecule has 0 aliphatic carbocycles. The summed E-state index contributed by atoms with van der Waals surface area (Å²) in [5.41, 5.74) is 1.90. The molecule has 0 saturated carbocycles. The van der Waals surface area contributed by atoms with Crippen LogP contribution < -0.4 is 14.4 Å². The van der Waals surface area contributed by atoms with Crippen molar-refractivity contribution >= 4 is 39.1 Å². The van der Waals surface area contributed by atoms with Gasteiger partial charge in [-0.15, -0.1) is 0 Å². The molecule has 10 heteroatoms. The monoisotopic (exact) mass is 557 g/mol. The van der Waals surface area contributed by atoms with Gasteiger partial charge in [0, 0.05) is 18.1 Å². The van der Waals surface area contributed by atoms with Crippen LogP contribution in [0.1, 0.15) is 25.0 Å². The summed E-state index contributed by atoms with van der Waals surface area (Å²) in [4.78, 5) is 27.9. The van der Waals surface area contributed by atoms with E-state index in [1.807, 2.05) is 6.92 Å². The Bertz CT molecular complexity index is 1360. The molecule has 3 aromatic rings. The Morgan fingerprint density at radius 1 is 1.00 bits per heavy atom. The van der Waals surface area contributed by atoms with Gasteiger partial charge in [-0.1, -0.05) is 47.5 Å². The third-order valence-corrected chi connectivity index (χ3v) is 8.22. The van der Waals surface area contributed by atoms with Gasteiger partial charge in [0.25, 0.3) is 10.0 Å². The second kappa shape index (κ2) is 12.8. The van der Waals surface area contributed by atoms with E-state index in [9.17, 15) is 18.0 Å². The van der Waals surface area contributed by atoms with Crippen molar-refractivity contribution < 1.29 is 22.7 Å². The van der Waals surface area contributed by atoms with E-state index >= 15 is 0 Å². The van der Waals surface area contributed by atoms with Gasteiger partial charge in [-0.25, -0.2) is 8.42 Å². The number of hydrogen-bond donors (Lipinski definition) is 1. The molecule has 1 atom stereocenters. The number of rotatable bonds is 11. The third-order valence-electron chi connectivity index (χ3n) is 6.07. The summed E-state index contributed by atoms with van der Waals surface area (Å²) in [6.45, 7) is 5.17. The standard InChI is InChI=1S/C28H32ClN3O5S/c1-5-30-28(34)21(3)31(18-22-8-6-7-9-26(22)29)27(33)19-32(23-12-10-20(2)11-13-23)38(35,36)25-16-14-24(37-4)15-17-25/h6-17,21H,5,18-19H2,1-4H3,(H,30,34)/t21-/m1/s1. The van der Waals surface area contributed by atoms with Crippen LogP contribution in [0, 0.1) is 6.92 Å². The zero-order chi connectivity index (χ0) is 27.9. The molecule has 0 saturated heterocycles. The number of nitrogens with zero attached hydrogens (tertiary/aromatic N) is 2. The Hall–Kier alpha value is -3.56. The van der Waals surface area contributed by atoms with Crippen molar-refractivity contribution in [2.75, 3.05) is 24.5 Å². The molecular formula is C28H32ClN3O5S. The van der Waals surface area contributed by atoms with Crippen LogP contribution in [0.25, 0.3) is 0 Å². The second-order valence-electron chi connectivity index (χ2n) is 8.71. The number of anilines is 1. The molecule has 0 aliphatic rings. The number of likely N-dealkylation sites (N-methyl/N-ethyl adjacent to an activating group) is 1. The zero-order valence-corrected chi connectivity index (χ0v) is 23.4. The minimum absolute atomic E-state index is 0.00102. The molecule has 3 rings (SSSR count). The number of sulfonamides is 1. The van der Waals surface area contributed by atoms with Gasteiger partial charge in [0.2, 0.25) is 11.8 Å². The second-order valence-corrected chi connectivity index (χ2v) is 11.0. The fourth-order valence-electron chi connectivity index (χ4n) is 3.83. The third kappa shape index (κ3) is 6.85. The van der Waals surface area contributed by atoms with Crippen molar-refractivity contribution in [3.05, 3.63) is 88.9 Å². The quantitative estimate of drug-likeness (QED) is 0.377. The van der Waals surface area contributed by atoms with Crippen LogP contribution in [-0.4, -0.2) is 51.4 Å². The highest BCUT2D eigenvalue weighted by Crippen LogP contribution is 2.27. The molecule has 38 heavy (non-hydrogen) atoms. The van der Waals surface area contributed by atoms with Crippen molar-refractivity contribution in [3.8, 4) is 5.75 Å². The lowest BCUT2D eigenvalue weighted by atomic mass is 10.1. The molecule has 0 bridgehead atoms. The molecule has 0 unspecified atom stereocenters. The SMILES string of the molecule is CCNC(=O)[C@@H](C)N(Cc1ccccc1Cl)C(=O)CN(c1ccc(C)cc1)S(=O)(=O)c1ccc(OC)cc1. The lowest BCUT2D eigenvalue weighted by Gasteiger charge is -2.32. The van der Waals surface area contributed by atoms with E-state index in [1.54, 1.807) is 74.5 Å². The molecule has 0 spiro atoms. The van der Waals surface area contributed by atoms with Crippen molar-refractivity contribution in [1.29, 1.82) is 0 Å². The van der Waals surface area contributed by atoms with Gasteiger partial charge in [-0.3, -0.25) is 13.9 Å². The van der Waals surface area contributed by atoms with Crippen LogP contribution in [0.3, 0.4) is 0 Å². The maximum Gasteiger partial charge on any atom is 0.264 e. The molecule has 8 nitrogen and oxygen atoms in total. The molecule has 2 amide bonds. The number of amides is 2. The maximum atomic E-state index is 13.8. The summed E-state index contributed by atoms with van der Waals surface area (Å²) in [5.74, 6) is -0.405. The van der Waals surface area contributed by atoms with Gasteiger partial charge < -0.3 is 15.0 Å². The minimum Gasteiger partial charge on any atom is -0.497 e. The fourth-order valence-corrected chi connectivity index (χ4v) is 5.44. The first-order valence-corrected chi connectivity index (χ1v) is 13.9. The van der Waals surface area contributed by atoms with Gasteiger partial charge in [0.1, 0.15) is 18.3 Å². The van der Waals surface area contributed by atoms with E-state index in [0.29, 0.717) is 28.6 Å². The van der Waals surface area contributed by atoms with E-state index in [1.165, 1.54) is 24.1 Å². The van der Waals surface area contributed by atoms with Crippen molar-refractivity contribution in [1.82, 2.24) is 10.2 Å². The lowest BCUT2D eigenvalue weighted by molar-refractivity contribution is -0.139. The molecule has 0 radical (unpaired) electrons. The van der Waals surface area contributed by atoms with E-state index in [-0.39, 0.29) is 17.3 Å². The van der Waals surface area contributed by atoms with E-state index in [2.05, 4.69) is 5.32 Å². The summed E-state index contributed by atoms with van der Waals surface area (Å²) < 4.78 is 33.8.